The van der Waals surface area contributed by atoms with Crippen LogP contribution in [0.4, 0.5) is 0 Å². The number of rotatable bonds is 4. The summed E-state index contributed by atoms with van der Waals surface area (Å²) in [6.45, 7) is 3.33. The second-order valence-corrected chi connectivity index (χ2v) is 8.14. The Morgan fingerprint density at radius 3 is 2.72 bits per heavy atom. The molecule has 0 aromatic heterocycles. The van der Waals surface area contributed by atoms with E-state index in [1.165, 1.54) is 44.3 Å². The highest BCUT2D eigenvalue weighted by atomic mass is 16.5. The van der Waals surface area contributed by atoms with Crippen LogP contribution in [-0.4, -0.2) is 42.1 Å². The highest BCUT2D eigenvalue weighted by Gasteiger charge is 2.46. The summed E-state index contributed by atoms with van der Waals surface area (Å²) in [5, 5.41) is 0. The SMILES string of the molecule is NC(=O)Cc1ccccc1C1CCC2(CCCO2)CC1N1CCCC1. The molecule has 3 aliphatic rings. The maximum Gasteiger partial charge on any atom is 0.221 e. The van der Waals surface area contributed by atoms with Gasteiger partial charge in [-0.2, -0.15) is 0 Å². The molecule has 3 atom stereocenters. The van der Waals surface area contributed by atoms with Gasteiger partial charge in [-0.1, -0.05) is 24.3 Å². The first kappa shape index (κ1) is 17.0. The fraction of sp³-hybridized carbons (Fsp3) is 0.667. The highest BCUT2D eigenvalue weighted by molar-refractivity contribution is 5.77. The minimum atomic E-state index is -0.239. The smallest absolute Gasteiger partial charge is 0.221 e. The van der Waals surface area contributed by atoms with Crippen molar-refractivity contribution < 1.29 is 9.53 Å². The van der Waals surface area contributed by atoms with E-state index in [0.29, 0.717) is 18.4 Å². The Bertz CT molecular complexity index is 618. The van der Waals surface area contributed by atoms with Crippen LogP contribution in [-0.2, 0) is 16.0 Å². The molecule has 3 unspecified atom stereocenters. The average Bonchev–Trinajstić information content (AvgIpc) is 3.28. The monoisotopic (exact) mass is 342 g/mol. The number of primary amides is 1. The van der Waals surface area contributed by atoms with Gasteiger partial charge in [0.2, 0.25) is 5.91 Å². The molecule has 2 N–H and O–H groups in total. The van der Waals surface area contributed by atoms with Gasteiger partial charge in [0.15, 0.2) is 0 Å². The number of benzene rings is 1. The summed E-state index contributed by atoms with van der Waals surface area (Å²) in [4.78, 5) is 14.2. The Hall–Kier alpha value is -1.39. The molecule has 1 spiro atoms. The summed E-state index contributed by atoms with van der Waals surface area (Å²) in [5.41, 5.74) is 8.08. The minimum absolute atomic E-state index is 0.113. The quantitative estimate of drug-likeness (QED) is 0.915. The van der Waals surface area contributed by atoms with Crippen molar-refractivity contribution in [1.29, 1.82) is 0 Å². The molecule has 1 aromatic rings. The molecule has 1 aromatic carbocycles. The molecule has 4 nitrogen and oxygen atoms in total. The lowest BCUT2D eigenvalue weighted by Gasteiger charge is -2.46. The Morgan fingerprint density at radius 2 is 2.00 bits per heavy atom. The molecule has 4 rings (SSSR count). The van der Waals surface area contributed by atoms with E-state index < -0.39 is 0 Å². The Kier molecular flexibility index (Phi) is 4.83. The van der Waals surface area contributed by atoms with Gasteiger partial charge in [0, 0.05) is 12.6 Å². The van der Waals surface area contributed by atoms with Crippen molar-refractivity contribution in [2.24, 2.45) is 5.73 Å². The van der Waals surface area contributed by atoms with Crippen LogP contribution >= 0.6 is 0 Å². The van der Waals surface area contributed by atoms with Crippen LogP contribution in [0.25, 0.3) is 0 Å². The number of ether oxygens (including phenoxy) is 1. The zero-order chi connectivity index (χ0) is 17.3. The van der Waals surface area contributed by atoms with E-state index in [1.807, 2.05) is 6.07 Å². The van der Waals surface area contributed by atoms with Gasteiger partial charge in [0.1, 0.15) is 0 Å². The molecule has 2 saturated heterocycles. The van der Waals surface area contributed by atoms with Gasteiger partial charge in [-0.3, -0.25) is 9.69 Å². The number of nitrogens with two attached hydrogens (primary N) is 1. The molecular weight excluding hydrogens is 312 g/mol. The molecule has 0 radical (unpaired) electrons. The first-order chi connectivity index (χ1) is 12.2. The second kappa shape index (κ2) is 7.08. The number of likely N-dealkylation sites (tertiary alicyclic amines) is 1. The number of hydrogen-bond donors (Lipinski definition) is 1. The van der Waals surface area contributed by atoms with Crippen LogP contribution in [0.2, 0.25) is 0 Å². The van der Waals surface area contributed by atoms with E-state index >= 15 is 0 Å². The first-order valence-electron chi connectivity index (χ1n) is 9.91. The number of hydrogen-bond acceptors (Lipinski definition) is 3. The van der Waals surface area contributed by atoms with Crippen molar-refractivity contribution in [3.8, 4) is 0 Å². The van der Waals surface area contributed by atoms with Crippen molar-refractivity contribution in [3.63, 3.8) is 0 Å². The molecule has 25 heavy (non-hydrogen) atoms. The molecular formula is C21H30N2O2. The molecule has 3 fully saturated rings. The predicted molar refractivity (Wildman–Crippen MR) is 98.4 cm³/mol. The second-order valence-electron chi connectivity index (χ2n) is 8.14. The van der Waals surface area contributed by atoms with E-state index in [-0.39, 0.29) is 11.5 Å². The van der Waals surface area contributed by atoms with Crippen molar-refractivity contribution in [1.82, 2.24) is 4.90 Å². The fourth-order valence-corrected chi connectivity index (χ4v) is 5.41. The van der Waals surface area contributed by atoms with Crippen LogP contribution in [0, 0.1) is 0 Å². The molecule has 4 heteroatoms. The lowest BCUT2D eigenvalue weighted by molar-refractivity contribution is -0.117. The van der Waals surface area contributed by atoms with Crippen molar-refractivity contribution in [2.75, 3.05) is 19.7 Å². The van der Waals surface area contributed by atoms with Gasteiger partial charge < -0.3 is 10.5 Å². The lowest BCUT2D eigenvalue weighted by atomic mass is 9.70. The highest BCUT2D eigenvalue weighted by Crippen LogP contribution is 2.47. The summed E-state index contributed by atoms with van der Waals surface area (Å²) in [5.74, 6) is 0.250. The van der Waals surface area contributed by atoms with E-state index in [2.05, 4.69) is 23.1 Å². The van der Waals surface area contributed by atoms with Crippen molar-refractivity contribution in [2.45, 2.75) is 68.9 Å². The molecule has 2 heterocycles. The summed E-state index contributed by atoms with van der Waals surface area (Å²) < 4.78 is 6.25. The van der Waals surface area contributed by atoms with Gasteiger partial charge in [-0.15, -0.1) is 0 Å². The lowest BCUT2D eigenvalue weighted by Crippen LogP contribution is -2.48. The summed E-state index contributed by atoms with van der Waals surface area (Å²) >= 11 is 0. The van der Waals surface area contributed by atoms with Gasteiger partial charge in [-0.05, 0) is 75.1 Å². The third kappa shape index (κ3) is 3.47. The maximum absolute atomic E-state index is 11.5. The van der Waals surface area contributed by atoms with E-state index in [1.54, 1.807) is 0 Å². The van der Waals surface area contributed by atoms with E-state index in [0.717, 1.165) is 31.4 Å². The Morgan fingerprint density at radius 1 is 1.20 bits per heavy atom. The normalized spacial score (nSPS) is 33.1. The van der Waals surface area contributed by atoms with Crippen LogP contribution < -0.4 is 5.73 Å². The van der Waals surface area contributed by atoms with E-state index in [4.69, 9.17) is 10.5 Å². The zero-order valence-electron chi connectivity index (χ0n) is 15.1. The molecule has 1 amide bonds. The number of carbonyl (C=O) groups excluding carboxylic acids is 1. The van der Waals surface area contributed by atoms with Gasteiger partial charge >= 0.3 is 0 Å². The number of carbonyl (C=O) groups is 1. The minimum Gasteiger partial charge on any atom is -0.375 e. The average molecular weight is 342 g/mol. The Balaban J connectivity index is 1.64. The van der Waals surface area contributed by atoms with E-state index in [9.17, 15) is 4.79 Å². The van der Waals surface area contributed by atoms with Crippen LogP contribution in [0.5, 0.6) is 0 Å². The summed E-state index contributed by atoms with van der Waals surface area (Å²) in [7, 11) is 0. The third-order valence-electron chi connectivity index (χ3n) is 6.57. The fourth-order valence-electron chi connectivity index (χ4n) is 5.41. The van der Waals surface area contributed by atoms with Gasteiger partial charge in [-0.25, -0.2) is 0 Å². The topological polar surface area (TPSA) is 55.6 Å². The molecule has 2 aliphatic heterocycles. The van der Waals surface area contributed by atoms with Crippen LogP contribution in [0.15, 0.2) is 24.3 Å². The summed E-state index contributed by atoms with van der Waals surface area (Å²) in [6, 6.07) is 8.97. The molecule has 1 aliphatic carbocycles. The van der Waals surface area contributed by atoms with Crippen molar-refractivity contribution >= 4 is 5.91 Å². The first-order valence-corrected chi connectivity index (χ1v) is 9.91. The van der Waals surface area contributed by atoms with Gasteiger partial charge in [0.05, 0.1) is 12.0 Å². The summed E-state index contributed by atoms with van der Waals surface area (Å²) in [6.07, 6.45) is 8.82. The number of amides is 1. The largest absolute Gasteiger partial charge is 0.375 e. The zero-order valence-corrected chi connectivity index (χ0v) is 15.1. The van der Waals surface area contributed by atoms with Crippen molar-refractivity contribution in [3.05, 3.63) is 35.4 Å². The molecule has 1 saturated carbocycles. The third-order valence-corrected chi connectivity index (χ3v) is 6.57. The number of nitrogens with zero attached hydrogens (tertiary/aromatic N) is 1. The molecule has 136 valence electrons. The predicted octanol–water partition coefficient (Wildman–Crippen LogP) is 3.00. The standard InChI is InChI=1S/C21H30N2O2/c22-20(24)14-16-6-1-2-7-17(16)18-8-10-21(9-5-13-25-21)15-19(18)23-11-3-4-12-23/h1-2,6-7,18-19H,3-5,8-15H2,(H2,22,24). The van der Waals surface area contributed by atoms with Crippen LogP contribution in [0.3, 0.4) is 0 Å². The van der Waals surface area contributed by atoms with Crippen LogP contribution in [0.1, 0.15) is 62.0 Å². The molecule has 0 bridgehead atoms. The Labute approximate surface area is 150 Å². The van der Waals surface area contributed by atoms with Gasteiger partial charge in [0.25, 0.3) is 0 Å². The maximum atomic E-state index is 11.5.